The Bertz CT molecular complexity index is 376. The fourth-order valence-corrected chi connectivity index (χ4v) is 2.37. The molecule has 0 radical (unpaired) electrons. The molecule has 0 saturated heterocycles. The van der Waals surface area contributed by atoms with Gasteiger partial charge in [0.2, 0.25) is 11.1 Å². The van der Waals surface area contributed by atoms with Gasteiger partial charge in [0.25, 0.3) is 0 Å². The van der Waals surface area contributed by atoms with Gasteiger partial charge in [0.05, 0.1) is 5.54 Å². The average molecular weight is 243 g/mol. The van der Waals surface area contributed by atoms with E-state index in [1.807, 2.05) is 13.8 Å². The second-order valence-corrected chi connectivity index (χ2v) is 5.52. The Morgan fingerprint density at radius 1 is 1.69 bits per heavy atom. The predicted octanol–water partition coefficient (Wildman–Crippen LogP) is 0.187. The number of aromatic amines is 1. The van der Waals surface area contributed by atoms with Crippen LogP contribution in [-0.4, -0.2) is 31.9 Å². The van der Waals surface area contributed by atoms with Crippen LogP contribution < -0.4 is 11.5 Å². The number of thioether (sulfide) groups is 1. The van der Waals surface area contributed by atoms with Gasteiger partial charge in [-0.05, 0) is 20.3 Å². The van der Waals surface area contributed by atoms with Crippen molar-refractivity contribution < 1.29 is 4.79 Å². The molecule has 5 N–H and O–H groups in total. The molecule has 0 aliphatic heterocycles. The highest BCUT2D eigenvalue weighted by Crippen LogP contribution is 2.25. The molecule has 16 heavy (non-hydrogen) atoms. The molecule has 0 bridgehead atoms. The number of amides is 1. The molecule has 0 aliphatic rings. The fraction of sp³-hybridized carbons (Fsp3) is 0.667. The lowest BCUT2D eigenvalue weighted by molar-refractivity contribution is -0.122. The standard InChI is InChI=1S/C9H17N5OS/c1-5(4-9(3,11)7(10)15)16-8-12-6(2)13-14-8/h5H,4,11H2,1-3H3,(H2,10,15)(H,12,13,14). The second kappa shape index (κ2) is 4.84. The molecule has 1 amide bonds. The number of carbonyl (C=O) groups is 1. The third-order valence-corrected chi connectivity index (χ3v) is 3.12. The van der Waals surface area contributed by atoms with Crippen molar-refractivity contribution in [1.82, 2.24) is 15.2 Å². The highest BCUT2D eigenvalue weighted by atomic mass is 32.2. The lowest BCUT2D eigenvalue weighted by Crippen LogP contribution is -2.50. The fourth-order valence-electron chi connectivity index (χ4n) is 1.29. The third kappa shape index (κ3) is 3.49. The Morgan fingerprint density at radius 2 is 2.31 bits per heavy atom. The molecule has 0 spiro atoms. The smallest absolute Gasteiger partial charge is 0.237 e. The van der Waals surface area contributed by atoms with Gasteiger partial charge < -0.3 is 11.5 Å². The summed E-state index contributed by atoms with van der Waals surface area (Å²) in [5.74, 6) is 0.270. The molecule has 0 aliphatic carbocycles. The van der Waals surface area contributed by atoms with Crippen LogP contribution >= 0.6 is 11.8 Å². The molecule has 0 fully saturated rings. The van der Waals surface area contributed by atoms with E-state index in [0.717, 1.165) is 5.82 Å². The lowest BCUT2D eigenvalue weighted by atomic mass is 9.97. The highest BCUT2D eigenvalue weighted by Gasteiger charge is 2.28. The van der Waals surface area contributed by atoms with Crippen molar-refractivity contribution in [3.05, 3.63) is 5.82 Å². The van der Waals surface area contributed by atoms with E-state index in [1.54, 1.807) is 6.92 Å². The maximum Gasteiger partial charge on any atom is 0.237 e. The minimum atomic E-state index is -0.988. The van der Waals surface area contributed by atoms with E-state index in [9.17, 15) is 4.79 Å². The first-order valence-electron chi connectivity index (χ1n) is 4.95. The zero-order chi connectivity index (χ0) is 12.3. The summed E-state index contributed by atoms with van der Waals surface area (Å²) in [5, 5.41) is 7.54. The zero-order valence-electron chi connectivity index (χ0n) is 9.65. The monoisotopic (exact) mass is 243 g/mol. The Morgan fingerprint density at radius 3 is 2.75 bits per heavy atom. The molecule has 1 aromatic heterocycles. The van der Waals surface area contributed by atoms with E-state index in [4.69, 9.17) is 11.5 Å². The van der Waals surface area contributed by atoms with Crippen LogP contribution in [0.5, 0.6) is 0 Å². The summed E-state index contributed by atoms with van der Waals surface area (Å²) in [4.78, 5) is 15.2. The normalized spacial score (nSPS) is 16.8. The van der Waals surface area contributed by atoms with E-state index in [2.05, 4.69) is 15.2 Å². The Balaban J connectivity index is 2.54. The topological polar surface area (TPSA) is 111 Å². The number of rotatable bonds is 5. The minimum absolute atomic E-state index is 0.123. The first-order chi connectivity index (χ1) is 7.31. The number of H-pyrrole nitrogens is 1. The number of nitrogens with zero attached hydrogens (tertiary/aromatic N) is 2. The van der Waals surface area contributed by atoms with Crippen molar-refractivity contribution in [2.24, 2.45) is 11.5 Å². The third-order valence-electron chi connectivity index (χ3n) is 2.16. The molecular formula is C9H17N5OS. The molecule has 2 atom stereocenters. The maximum atomic E-state index is 11.1. The van der Waals surface area contributed by atoms with Crippen molar-refractivity contribution in [2.45, 2.75) is 43.1 Å². The summed E-state index contributed by atoms with van der Waals surface area (Å²) < 4.78 is 0. The van der Waals surface area contributed by atoms with Crippen LogP contribution in [0.1, 0.15) is 26.1 Å². The largest absolute Gasteiger partial charge is 0.368 e. The molecule has 2 unspecified atom stereocenters. The number of nitrogens with two attached hydrogens (primary N) is 2. The van der Waals surface area contributed by atoms with Crippen LogP contribution in [0.15, 0.2) is 5.16 Å². The zero-order valence-corrected chi connectivity index (χ0v) is 10.5. The van der Waals surface area contributed by atoms with Gasteiger partial charge in [-0.2, -0.15) is 0 Å². The SMILES string of the molecule is Cc1nc(SC(C)CC(C)(N)C(N)=O)n[nH]1. The summed E-state index contributed by atoms with van der Waals surface area (Å²) >= 11 is 1.47. The first-order valence-corrected chi connectivity index (χ1v) is 5.83. The summed E-state index contributed by atoms with van der Waals surface area (Å²) in [6.07, 6.45) is 0.487. The number of hydrogen-bond donors (Lipinski definition) is 3. The van der Waals surface area contributed by atoms with E-state index in [0.29, 0.717) is 11.6 Å². The predicted molar refractivity (Wildman–Crippen MR) is 62.8 cm³/mol. The number of aromatic nitrogens is 3. The van der Waals surface area contributed by atoms with Crippen molar-refractivity contribution in [1.29, 1.82) is 0 Å². The molecule has 0 saturated carbocycles. The van der Waals surface area contributed by atoms with Crippen LogP contribution in [-0.2, 0) is 4.79 Å². The second-order valence-electron chi connectivity index (χ2n) is 4.12. The number of hydrogen-bond acceptors (Lipinski definition) is 5. The summed E-state index contributed by atoms with van der Waals surface area (Å²) in [6.45, 7) is 5.43. The van der Waals surface area contributed by atoms with Crippen molar-refractivity contribution >= 4 is 17.7 Å². The molecule has 0 aromatic carbocycles. The number of aryl methyl sites for hydroxylation is 1. The highest BCUT2D eigenvalue weighted by molar-refractivity contribution is 7.99. The van der Waals surface area contributed by atoms with Crippen LogP contribution in [0.4, 0.5) is 0 Å². The maximum absolute atomic E-state index is 11.1. The van der Waals surface area contributed by atoms with E-state index < -0.39 is 11.4 Å². The van der Waals surface area contributed by atoms with Gasteiger partial charge >= 0.3 is 0 Å². The molecule has 7 heteroatoms. The van der Waals surface area contributed by atoms with Crippen LogP contribution in [0, 0.1) is 6.92 Å². The van der Waals surface area contributed by atoms with Gasteiger partial charge in [0.15, 0.2) is 0 Å². The first kappa shape index (κ1) is 13.0. The minimum Gasteiger partial charge on any atom is -0.368 e. The molecule has 90 valence electrons. The Hall–Kier alpha value is -1.08. The van der Waals surface area contributed by atoms with Gasteiger partial charge in [-0.3, -0.25) is 9.89 Å². The molecule has 1 aromatic rings. The van der Waals surface area contributed by atoms with Crippen LogP contribution in [0.2, 0.25) is 0 Å². The summed E-state index contributed by atoms with van der Waals surface area (Å²) in [5.41, 5.74) is 10.00. The quantitative estimate of drug-likeness (QED) is 0.639. The Kier molecular flexibility index (Phi) is 3.93. The van der Waals surface area contributed by atoms with Crippen LogP contribution in [0.3, 0.4) is 0 Å². The Labute approximate surface area is 98.6 Å². The summed E-state index contributed by atoms with van der Waals surface area (Å²) in [6, 6.07) is 0. The van der Waals surface area contributed by atoms with E-state index in [1.165, 1.54) is 11.8 Å². The van der Waals surface area contributed by atoms with Crippen molar-refractivity contribution in [3.8, 4) is 0 Å². The molecule has 1 heterocycles. The van der Waals surface area contributed by atoms with Gasteiger partial charge in [-0.1, -0.05) is 18.7 Å². The molecule has 1 rings (SSSR count). The molecule has 6 nitrogen and oxygen atoms in total. The number of primary amides is 1. The van der Waals surface area contributed by atoms with E-state index >= 15 is 0 Å². The molecular weight excluding hydrogens is 226 g/mol. The van der Waals surface area contributed by atoms with Crippen LogP contribution in [0.25, 0.3) is 0 Å². The van der Waals surface area contributed by atoms with Crippen molar-refractivity contribution in [3.63, 3.8) is 0 Å². The lowest BCUT2D eigenvalue weighted by Gasteiger charge is -2.23. The van der Waals surface area contributed by atoms with E-state index in [-0.39, 0.29) is 5.25 Å². The number of nitrogens with one attached hydrogen (secondary N) is 1. The van der Waals surface area contributed by atoms with Gasteiger partial charge in [-0.25, -0.2) is 4.98 Å². The summed E-state index contributed by atoms with van der Waals surface area (Å²) in [7, 11) is 0. The average Bonchev–Trinajstić information content (AvgIpc) is 2.49. The van der Waals surface area contributed by atoms with Gasteiger partial charge in [0.1, 0.15) is 5.82 Å². The number of carbonyl (C=O) groups excluding carboxylic acids is 1. The van der Waals surface area contributed by atoms with Crippen molar-refractivity contribution in [2.75, 3.05) is 0 Å². The van der Waals surface area contributed by atoms with Gasteiger partial charge in [-0.15, -0.1) is 5.10 Å². The van der Waals surface area contributed by atoms with Gasteiger partial charge in [0, 0.05) is 5.25 Å².